The number of aryl methyl sites for hydroxylation is 4. The van der Waals surface area contributed by atoms with Crippen molar-refractivity contribution < 1.29 is 0 Å². The lowest BCUT2D eigenvalue weighted by atomic mass is 10.0. The molecule has 1 aromatic carbocycles. The van der Waals surface area contributed by atoms with Gasteiger partial charge in [0.25, 0.3) is 0 Å². The van der Waals surface area contributed by atoms with Gasteiger partial charge < -0.3 is 4.57 Å². The zero-order chi connectivity index (χ0) is 25.5. The van der Waals surface area contributed by atoms with Crippen LogP contribution in [0.5, 0.6) is 0 Å². The molecule has 0 spiro atoms. The molecule has 0 N–H and O–H groups in total. The van der Waals surface area contributed by atoms with Crippen LogP contribution in [0, 0.1) is 0 Å². The van der Waals surface area contributed by atoms with Crippen LogP contribution in [-0.4, -0.2) is 9.55 Å². The third-order valence-corrected chi connectivity index (χ3v) is 7.66. The number of imidazole rings is 1. The van der Waals surface area contributed by atoms with E-state index in [2.05, 4.69) is 54.9 Å². The number of aromatic nitrogens is 2. The van der Waals surface area contributed by atoms with E-state index >= 15 is 0 Å². The van der Waals surface area contributed by atoms with Crippen LogP contribution in [0.25, 0.3) is 0 Å². The minimum Gasteiger partial charge on any atom is -0.335 e. The molecule has 0 saturated heterocycles. The summed E-state index contributed by atoms with van der Waals surface area (Å²) in [6.07, 6.45) is 32.3. The summed E-state index contributed by atoms with van der Waals surface area (Å²) >= 11 is 0. The molecule has 0 aliphatic rings. The fraction of sp³-hybridized carbons (Fsp3) is 0.735. The van der Waals surface area contributed by atoms with Crippen LogP contribution in [0.2, 0.25) is 0 Å². The molecule has 2 rings (SSSR count). The Morgan fingerprint density at radius 3 is 1.61 bits per heavy atom. The van der Waals surface area contributed by atoms with Crippen molar-refractivity contribution >= 4 is 0 Å². The molecule has 0 atom stereocenters. The van der Waals surface area contributed by atoms with Crippen LogP contribution < -0.4 is 0 Å². The number of hydrogen-bond donors (Lipinski definition) is 0. The van der Waals surface area contributed by atoms with E-state index in [4.69, 9.17) is 4.98 Å². The average molecular weight is 495 g/mol. The molecule has 2 heteroatoms. The summed E-state index contributed by atoms with van der Waals surface area (Å²) in [5.41, 5.74) is 2.74. The Kier molecular flexibility index (Phi) is 18.3. The molecule has 0 amide bonds. The maximum Gasteiger partial charge on any atom is 0.108 e. The second kappa shape index (κ2) is 21.5. The van der Waals surface area contributed by atoms with E-state index in [-0.39, 0.29) is 0 Å². The number of nitrogens with zero attached hydrogens (tertiary/aromatic N) is 2. The monoisotopic (exact) mass is 494 g/mol. The first kappa shape index (κ1) is 30.7. The normalized spacial score (nSPS) is 11.4. The van der Waals surface area contributed by atoms with Crippen LogP contribution in [0.1, 0.15) is 153 Å². The quantitative estimate of drug-likeness (QED) is 0.133. The van der Waals surface area contributed by atoms with Crippen LogP contribution in [0.15, 0.2) is 36.5 Å². The molecule has 0 aliphatic heterocycles. The number of benzene rings is 1. The highest BCUT2D eigenvalue weighted by molar-refractivity contribution is 5.15. The van der Waals surface area contributed by atoms with Gasteiger partial charge in [-0.15, -0.1) is 0 Å². The van der Waals surface area contributed by atoms with Crippen LogP contribution in [0.4, 0.5) is 0 Å². The van der Waals surface area contributed by atoms with E-state index in [1.165, 1.54) is 139 Å². The molecule has 2 aromatic rings. The Labute approximate surface area is 224 Å². The third-order valence-electron chi connectivity index (χ3n) is 7.66. The van der Waals surface area contributed by atoms with Crippen molar-refractivity contribution in [3.63, 3.8) is 0 Å². The van der Waals surface area contributed by atoms with Crippen molar-refractivity contribution in [3.8, 4) is 0 Å². The van der Waals surface area contributed by atoms with E-state index in [0.717, 1.165) is 25.8 Å². The number of rotatable bonds is 24. The Bertz CT molecular complexity index is 733. The molecule has 0 radical (unpaired) electrons. The largest absolute Gasteiger partial charge is 0.335 e. The maximum absolute atomic E-state index is 5.03. The predicted molar refractivity (Wildman–Crippen MR) is 159 cm³/mol. The first-order valence-corrected chi connectivity index (χ1v) is 15.9. The summed E-state index contributed by atoms with van der Waals surface area (Å²) in [6.45, 7) is 5.74. The molecule has 1 aromatic heterocycles. The van der Waals surface area contributed by atoms with Gasteiger partial charge in [-0.25, -0.2) is 4.98 Å². The smallest absolute Gasteiger partial charge is 0.108 e. The predicted octanol–water partition coefficient (Wildman–Crippen LogP) is 10.7. The van der Waals surface area contributed by atoms with Gasteiger partial charge in [0.1, 0.15) is 5.82 Å². The molecular formula is C34H58N2. The molecule has 1 heterocycles. The van der Waals surface area contributed by atoms with E-state index in [1.807, 2.05) is 0 Å². The van der Waals surface area contributed by atoms with Crippen molar-refractivity contribution in [1.82, 2.24) is 9.55 Å². The van der Waals surface area contributed by atoms with Gasteiger partial charge in [0.15, 0.2) is 0 Å². The first-order chi connectivity index (χ1) is 17.8. The lowest BCUT2D eigenvalue weighted by Crippen LogP contribution is -2.03. The SMILES string of the molecule is CCCCCCCCCCCCCCCCCCn1cc(CCCc2ccccc2)nc1CCCC. The molecule has 0 aliphatic carbocycles. The zero-order valence-electron chi connectivity index (χ0n) is 24.1. The van der Waals surface area contributed by atoms with Crippen LogP contribution in [0.3, 0.4) is 0 Å². The summed E-state index contributed by atoms with van der Waals surface area (Å²) in [7, 11) is 0. The Morgan fingerprint density at radius 2 is 1.06 bits per heavy atom. The van der Waals surface area contributed by atoms with Gasteiger partial charge in [0.2, 0.25) is 0 Å². The van der Waals surface area contributed by atoms with Gasteiger partial charge >= 0.3 is 0 Å². The second-order valence-electron chi connectivity index (χ2n) is 11.1. The van der Waals surface area contributed by atoms with Crippen molar-refractivity contribution in [2.24, 2.45) is 0 Å². The summed E-state index contributed by atoms with van der Waals surface area (Å²) in [5, 5.41) is 0. The molecule has 0 saturated carbocycles. The highest BCUT2D eigenvalue weighted by Crippen LogP contribution is 2.16. The summed E-state index contributed by atoms with van der Waals surface area (Å²) in [4.78, 5) is 5.03. The Hall–Kier alpha value is -1.57. The first-order valence-electron chi connectivity index (χ1n) is 15.9. The van der Waals surface area contributed by atoms with E-state index < -0.39 is 0 Å². The minimum atomic E-state index is 1.10. The summed E-state index contributed by atoms with van der Waals surface area (Å²) in [5.74, 6) is 1.33. The van der Waals surface area contributed by atoms with Crippen LogP contribution in [-0.2, 0) is 25.8 Å². The van der Waals surface area contributed by atoms with E-state index in [9.17, 15) is 0 Å². The van der Waals surface area contributed by atoms with Gasteiger partial charge in [-0.3, -0.25) is 0 Å². The highest BCUT2D eigenvalue weighted by Gasteiger charge is 2.08. The lowest BCUT2D eigenvalue weighted by molar-refractivity contribution is 0.516. The molecule has 0 bridgehead atoms. The Morgan fingerprint density at radius 1 is 0.528 bits per heavy atom. The average Bonchev–Trinajstić information content (AvgIpc) is 3.29. The molecular weight excluding hydrogens is 436 g/mol. The van der Waals surface area contributed by atoms with Gasteiger partial charge in [0, 0.05) is 19.2 Å². The molecule has 2 nitrogen and oxygen atoms in total. The van der Waals surface area contributed by atoms with Crippen molar-refractivity contribution in [1.29, 1.82) is 0 Å². The fourth-order valence-corrected chi connectivity index (χ4v) is 5.31. The lowest BCUT2D eigenvalue weighted by Gasteiger charge is -2.07. The highest BCUT2D eigenvalue weighted by atomic mass is 15.1. The number of unbranched alkanes of at least 4 members (excludes halogenated alkanes) is 16. The molecule has 36 heavy (non-hydrogen) atoms. The topological polar surface area (TPSA) is 17.8 Å². The molecule has 0 fully saturated rings. The van der Waals surface area contributed by atoms with Crippen LogP contribution >= 0.6 is 0 Å². The van der Waals surface area contributed by atoms with E-state index in [0.29, 0.717) is 0 Å². The van der Waals surface area contributed by atoms with E-state index in [1.54, 1.807) is 0 Å². The Balaban J connectivity index is 1.50. The second-order valence-corrected chi connectivity index (χ2v) is 11.1. The number of hydrogen-bond acceptors (Lipinski definition) is 1. The van der Waals surface area contributed by atoms with Crippen molar-refractivity contribution in [2.75, 3.05) is 0 Å². The molecule has 204 valence electrons. The van der Waals surface area contributed by atoms with Gasteiger partial charge in [-0.1, -0.05) is 147 Å². The fourth-order valence-electron chi connectivity index (χ4n) is 5.31. The maximum atomic E-state index is 5.03. The third kappa shape index (κ3) is 14.9. The van der Waals surface area contributed by atoms with Crippen molar-refractivity contribution in [2.45, 2.75) is 162 Å². The van der Waals surface area contributed by atoms with Gasteiger partial charge in [-0.2, -0.15) is 0 Å². The van der Waals surface area contributed by atoms with Gasteiger partial charge in [-0.05, 0) is 37.7 Å². The summed E-state index contributed by atoms with van der Waals surface area (Å²) < 4.78 is 2.48. The zero-order valence-corrected chi connectivity index (χ0v) is 24.1. The van der Waals surface area contributed by atoms with Gasteiger partial charge in [0.05, 0.1) is 5.69 Å². The van der Waals surface area contributed by atoms with Crippen molar-refractivity contribution in [3.05, 3.63) is 53.6 Å². The summed E-state index contributed by atoms with van der Waals surface area (Å²) in [6, 6.07) is 10.9. The minimum absolute atomic E-state index is 1.10. The molecule has 0 unspecified atom stereocenters. The standard InChI is InChI=1S/C34H58N2/c1-3-5-7-8-9-10-11-12-13-14-15-16-17-18-19-23-30-36-31-33(35-34(36)29-6-4-2)28-24-27-32-25-21-20-22-26-32/h20-22,25-26,31H,3-19,23-24,27-30H2,1-2H3.